The third-order valence-electron chi connectivity index (χ3n) is 3.27. The molecule has 0 radical (unpaired) electrons. The van der Waals surface area contributed by atoms with Crippen LogP contribution in [0, 0.1) is 17.3 Å². The normalized spacial score (nSPS) is 24.5. The summed E-state index contributed by atoms with van der Waals surface area (Å²) in [6, 6.07) is 0. The summed E-state index contributed by atoms with van der Waals surface area (Å²) in [6.45, 7) is 7.26. The first-order valence-corrected chi connectivity index (χ1v) is 6.63. The summed E-state index contributed by atoms with van der Waals surface area (Å²) < 4.78 is 0. The van der Waals surface area contributed by atoms with Crippen LogP contribution in [0.25, 0.3) is 0 Å². The lowest BCUT2D eigenvalue weighted by molar-refractivity contribution is -0.140. The number of carboxylic acid groups (broad SMARTS) is 1. The van der Waals surface area contributed by atoms with Gasteiger partial charge in [-0.15, -0.1) is 11.6 Å². The molecular formula is C13H23ClO3. The van der Waals surface area contributed by atoms with Crippen molar-refractivity contribution in [3.05, 3.63) is 0 Å². The van der Waals surface area contributed by atoms with Crippen LogP contribution >= 0.6 is 11.6 Å². The van der Waals surface area contributed by atoms with Gasteiger partial charge in [-0.2, -0.15) is 0 Å². The van der Waals surface area contributed by atoms with Crippen molar-refractivity contribution in [1.29, 1.82) is 0 Å². The van der Waals surface area contributed by atoms with E-state index < -0.39 is 11.9 Å². The van der Waals surface area contributed by atoms with Gasteiger partial charge < -0.3 is 5.11 Å². The molecule has 1 fully saturated rings. The van der Waals surface area contributed by atoms with Crippen molar-refractivity contribution in [1.82, 2.24) is 0 Å². The Kier molecular flexibility index (Phi) is 6.76. The van der Waals surface area contributed by atoms with Crippen LogP contribution < -0.4 is 0 Å². The summed E-state index contributed by atoms with van der Waals surface area (Å²) in [6.07, 6.45) is 3.73. The number of hydrogen-bond acceptors (Lipinski definition) is 2. The van der Waals surface area contributed by atoms with Crippen LogP contribution in [0.4, 0.5) is 0 Å². The summed E-state index contributed by atoms with van der Waals surface area (Å²) in [5.41, 5.74) is -0.322. The van der Waals surface area contributed by atoms with E-state index in [0.29, 0.717) is 0 Å². The Morgan fingerprint density at radius 1 is 1.24 bits per heavy atom. The molecule has 2 unspecified atom stereocenters. The molecule has 0 aromatic carbocycles. The molecule has 0 bridgehead atoms. The lowest BCUT2D eigenvalue weighted by Gasteiger charge is -1.96. The topological polar surface area (TPSA) is 54.4 Å². The number of unbranched alkanes of at least 4 members (excludes halogenated alkanes) is 2. The summed E-state index contributed by atoms with van der Waals surface area (Å²) in [5, 5.41) is 8.66. The maximum Gasteiger partial charge on any atom is 0.307 e. The molecule has 1 N–H and O–H groups in total. The molecule has 3 nitrogen and oxygen atoms in total. The van der Waals surface area contributed by atoms with Gasteiger partial charge in [0, 0.05) is 11.8 Å². The summed E-state index contributed by atoms with van der Waals surface area (Å²) in [7, 11) is 0. The van der Waals surface area contributed by atoms with Crippen LogP contribution in [-0.4, -0.2) is 22.7 Å². The van der Waals surface area contributed by atoms with Crippen molar-refractivity contribution in [2.24, 2.45) is 17.3 Å². The molecule has 1 saturated carbocycles. The molecule has 0 aromatic rings. The Balaban J connectivity index is 0.000000366. The zero-order chi connectivity index (χ0) is 13.6. The smallest absolute Gasteiger partial charge is 0.307 e. The van der Waals surface area contributed by atoms with Gasteiger partial charge in [0.1, 0.15) is 5.78 Å². The van der Waals surface area contributed by atoms with Crippen LogP contribution in [0.2, 0.25) is 0 Å². The van der Waals surface area contributed by atoms with Gasteiger partial charge in [0.25, 0.3) is 0 Å². The Bertz CT molecular complexity index is 248. The highest BCUT2D eigenvalue weighted by Gasteiger charge is 2.64. The maximum atomic E-state index is 10.9. The van der Waals surface area contributed by atoms with Gasteiger partial charge in [-0.05, 0) is 18.8 Å². The van der Waals surface area contributed by atoms with Gasteiger partial charge in [0.05, 0.1) is 5.92 Å². The van der Waals surface area contributed by atoms with Gasteiger partial charge >= 0.3 is 5.97 Å². The molecule has 17 heavy (non-hydrogen) atoms. The van der Waals surface area contributed by atoms with E-state index in [1.165, 1.54) is 26.2 Å². The zero-order valence-corrected chi connectivity index (χ0v) is 11.9. The van der Waals surface area contributed by atoms with E-state index in [9.17, 15) is 9.59 Å². The molecule has 2 atom stereocenters. The maximum absolute atomic E-state index is 10.9. The number of ketones is 1. The quantitative estimate of drug-likeness (QED) is 0.611. The average molecular weight is 263 g/mol. The Labute approximate surface area is 109 Å². The van der Waals surface area contributed by atoms with Gasteiger partial charge in [0.15, 0.2) is 0 Å². The minimum Gasteiger partial charge on any atom is -0.481 e. The van der Waals surface area contributed by atoms with Gasteiger partial charge in [0.2, 0.25) is 0 Å². The molecule has 1 aliphatic rings. The van der Waals surface area contributed by atoms with Crippen LogP contribution in [-0.2, 0) is 9.59 Å². The molecule has 0 spiro atoms. The predicted molar refractivity (Wildman–Crippen MR) is 69.3 cm³/mol. The fourth-order valence-electron chi connectivity index (χ4n) is 2.20. The summed E-state index contributed by atoms with van der Waals surface area (Å²) in [5.74, 6) is -0.758. The standard InChI is InChI=1S/C8H12O3.C5H11Cl/c1-4(9)5-6(7(10)11)8(5,2)3;1-2-3-4-5-6/h5-6H,1-3H3,(H,10,11);2-5H2,1H3. The highest BCUT2D eigenvalue weighted by atomic mass is 35.5. The number of halogens is 1. The fourth-order valence-corrected chi connectivity index (χ4v) is 2.39. The van der Waals surface area contributed by atoms with Crippen LogP contribution in [0.5, 0.6) is 0 Å². The zero-order valence-electron chi connectivity index (χ0n) is 11.1. The lowest BCUT2D eigenvalue weighted by atomic mass is 10.1. The SMILES string of the molecule is CC(=O)C1C(C(=O)O)C1(C)C.CCCCCCl. The van der Waals surface area contributed by atoms with Gasteiger partial charge in [-0.1, -0.05) is 33.6 Å². The Hall–Kier alpha value is -0.570. The Morgan fingerprint density at radius 3 is 1.88 bits per heavy atom. The highest BCUT2D eigenvalue weighted by Crippen LogP contribution is 2.58. The summed E-state index contributed by atoms with van der Waals surface area (Å²) >= 11 is 5.38. The van der Waals surface area contributed by atoms with Crippen LogP contribution in [0.1, 0.15) is 47.0 Å². The van der Waals surface area contributed by atoms with Gasteiger partial charge in [-0.3, -0.25) is 9.59 Å². The molecule has 0 amide bonds. The van der Waals surface area contributed by atoms with E-state index in [2.05, 4.69) is 6.92 Å². The number of Topliss-reactive ketones (excluding diaryl/α,β-unsaturated/α-hetero) is 1. The Morgan fingerprint density at radius 2 is 1.76 bits per heavy atom. The van der Waals surface area contributed by atoms with Crippen molar-refractivity contribution in [2.75, 3.05) is 5.88 Å². The molecule has 0 heterocycles. The number of aliphatic carboxylic acids is 1. The molecular weight excluding hydrogens is 240 g/mol. The van der Waals surface area contributed by atoms with Crippen molar-refractivity contribution in [2.45, 2.75) is 47.0 Å². The lowest BCUT2D eigenvalue weighted by Crippen LogP contribution is -2.04. The molecule has 1 rings (SSSR count). The molecule has 4 heteroatoms. The molecule has 0 aromatic heterocycles. The van der Waals surface area contributed by atoms with E-state index in [4.69, 9.17) is 16.7 Å². The number of rotatable bonds is 5. The van der Waals surface area contributed by atoms with Crippen LogP contribution in [0.3, 0.4) is 0 Å². The van der Waals surface area contributed by atoms with Crippen molar-refractivity contribution < 1.29 is 14.7 Å². The van der Waals surface area contributed by atoms with E-state index in [0.717, 1.165) is 5.88 Å². The average Bonchev–Trinajstić information content (AvgIpc) is 2.80. The minimum atomic E-state index is -0.852. The van der Waals surface area contributed by atoms with E-state index in [1.54, 1.807) is 0 Å². The van der Waals surface area contributed by atoms with Crippen molar-refractivity contribution >= 4 is 23.4 Å². The first-order valence-electron chi connectivity index (χ1n) is 6.09. The molecule has 1 aliphatic carbocycles. The second kappa shape index (κ2) is 7.00. The van der Waals surface area contributed by atoms with Crippen molar-refractivity contribution in [3.8, 4) is 0 Å². The number of alkyl halides is 1. The second-order valence-electron chi connectivity index (χ2n) is 5.12. The van der Waals surface area contributed by atoms with Crippen molar-refractivity contribution in [3.63, 3.8) is 0 Å². The number of carbonyl (C=O) groups is 2. The number of carboxylic acids is 1. The molecule has 0 aliphatic heterocycles. The van der Waals surface area contributed by atoms with Gasteiger partial charge in [-0.25, -0.2) is 0 Å². The third-order valence-corrected chi connectivity index (χ3v) is 3.54. The first-order chi connectivity index (χ1) is 7.80. The largest absolute Gasteiger partial charge is 0.481 e. The minimum absolute atomic E-state index is 0.0117. The summed E-state index contributed by atoms with van der Waals surface area (Å²) in [4.78, 5) is 21.4. The highest BCUT2D eigenvalue weighted by molar-refractivity contribution is 6.17. The molecule has 100 valence electrons. The third kappa shape index (κ3) is 4.66. The predicted octanol–water partition coefficient (Wildman–Crippen LogP) is 3.35. The van der Waals surface area contributed by atoms with E-state index in [-0.39, 0.29) is 17.1 Å². The van der Waals surface area contributed by atoms with E-state index in [1.807, 2.05) is 13.8 Å². The monoisotopic (exact) mass is 262 g/mol. The number of carbonyl (C=O) groups excluding carboxylic acids is 1. The number of hydrogen-bond donors (Lipinski definition) is 1. The second-order valence-corrected chi connectivity index (χ2v) is 5.50. The van der Waals surface area contributed by atoms with Crippen LogP contribution in [0.15, 0.2) is 0 Å². The molecule has 0 saturated heterocycles. The fraction of sp³-hybridized carbons (Fsp3) is 0.846. The van der Waals surface area contributed by atoms with E-state index >= 15 is 0 Å². The first kappa shape index (κ1) is 16.4.